The fourth-order valence-corrected chi connectivity index (χ4v) is 2.87. The maximum atomic E-state index is 12.3. The van der Waals surface area contributed by atoms with Gasteiger partial charge in [0.15, 0.2) is 0 Å². The summed E-state index contributed by atoms with van der Waals surface area (Å²) in [5.41, 5.74) is 0.395. The smallest absolute Gasteiger partial charge is 0.305 e. The molecule has 1 aliphatic rings. The zero-order valence-corrected chi connectivity index (χ0v) is 12.7. The van der Waals surface area contributed by atoms with Crippen LogP contribution in [-0.4, -0.2) is 32.6 Å². The van der Waals surface area contributed by atoms with Crippen molar-refractivity contribution < 1.29 is 14.7 Å². The van der Waals surface area contributed by atoms with Gasteiger partial charge in [-0.15, -0.1) is 5.10 Å². The van der Waals surface area contributed by atoms with E-state index in [9.17, 15) is 9.59 Å². The lowest BCUT2D eigenvalue weighted by Gasteiger charge is -2.19. The Bertz CT molecular complexity index is 517. The average molecular weight is 297 g/mol. The summed E-state index contributed by atoms with van der Waals surface area (Å²) in [6, 6.07) is -0.296. The van der Waals surface area contributed by atoms with Crippen molar-refractivity contribution in [3.05, 3.63) is 10.6 Å². The molecule has 7 heteroatoms. The minimum absolute atomic E-state index is 0.0342. The molecule has 0 radical (unpaired) electrons. The maximum absolute atomic E-state index is 12.3. The van der Waals surface area contributed by atoms with Gasteiger partial charge in [-0.05, 0) is 30.3 Å². The molecule has 2 rings (SSSR count). The predicted molar refractivity (Wildman–Crippen MR) is 74.8 cm³/mol. The van der Waals surface area contributed by atoms with Gasteiger partial charge in [-0.3, -0.25) is 9.59 Å². The first-order valence-electron chi connectivity index (χ1n) is 6.64. The van der Waals surface area contributed by atoms with Gasteiger partial charge < -0.3 is 10.4 Å². The van der Waals surface area contributed by atoms with E-state index >= 15 is 0 Å². The van der Waals surface area contributed by atoms with Gasteiger partial charge in [-0.25, -0.2) is 0 Å². The van der Waals surface area contributed by atoms with Gasteiger partial charge in [0, 0.05) is 11.5 Å². The van der Waals surface area contributed by atoms with Crippen LogP contribution in [0.15, 0.2) is 0 Å². The summed E-state index contributed by atoms with van der Waals surface area (Å²) >= 11 is 1.06. The molecule has 2 N–H and O–H groups in total. The zero-order valence-electron chi connectivity index (χ0n) is 11.8. The second kappa shape index (κ2) is 5.47. The summed E-state index contributed by atoms with van der Waals surface area (Å²) in [6.07, 6.45) is 1.92. The zero-order chi connectivity index (χ0) is 14.9. The number of aliphatic carboxylic acids is 1. The SMILES string of the molecule is CC(C)(C)c1nnsc1C(=O)NC(CC(=O)O)C1CC1. The van der Waals surface area contributed by atoms with Gasteiger partial charge in [-0.2, -0.15) is 0 Å². The number of carbonyl (C=O) groups is 2. The van der Waals surface area contributed by atoms with Crippen molar-refractivity contribution in [3.8, 4) is 0 Å². The molecule has 1 atom stereocenters. The Morgan fingerprint density at radius 3 is 2.60 bits per heavy atom. The van der Waals surface area contributed by atoms with Crippen LogP contribution in [0.2, 0.25) is 0 Å². The third kappa shape index (κ3) is 3.53. The van der Waals surface area contributed by atoms with Gasteiger partial charge in [-0.1, -0.05) is 25.3 Å². The van der Waals surface area contributed by atoms with Crippen LogP contribution in [-0.2, 0) is 10.2 Å². The third-order valence-electron chi connectivity index (χ3n) is 3.31. The van der Waals surface area contributed by atoms with Crippen LogP contribution in [0, 0.1) is 5.92 Å². The molecule has 1 aromatic heterocycles. The normalized spacial score (nSPS) is 16.8. The largest absolute Gasteiger partial charge is 0.481 e. The summed E-state index contributed by atoms with van der Waals surface area (Å²) in [4.78, 5) is 23.7. The van der Waals surface area contributed by atoms with Crippen molar-refractivity contribution in [2.75, 3.05) is 0 Å². The molecule has 6 nitrogen and oxygen atoms in total. The Hall–Kier alpha value is -1.50. The van der Waals surface area contributed by atoms with Crippen molar-refractivity contribution in [1.29, 1.82) is 0 Å². The van der Waals surface area contributed by atoms with Gasteiger partial charge in [0.05, 0.1) is 12.1 Å². The quantitative estimate of drug-likeness (QED) is 0.865. The molecule has 1 fully saturated rings. The molecular formula is C13H19N3O3S. The lowest BCUT2D eigenvalue weighted by Crippen LogP contribution is -2.38. The molecule has 110 valence electrons. The maximum Gasteiger partial charge on any atom is 0.305 e. The van der Waals surface area contributed by atoms with Crippen molar-refractivity contribution in [2.24, 2.45) is 5.92 Å². The second-order valence-corrected chi connectivity index (χ2v) is 6.97. The number of hydrogen-bond donors (Lipinski definition) is 2. The highest BCUT2D eigenvalue weighted by molar-refractivity contribution is 7.08. The number of carboxylic acid groups (broad SMARTS) is 1. The predicted octanol–water partition coefficient (Wildman–Crippen LogP) is 1.82. The number of carboxylic acids is 1. The molecule has 1 amide bonds. The molecule has 0 aliphatic heterocycles. The summed E-state index contributed by atoms with van der Waals surface area (Å²) in [5.74, 6) is -0.863. The highest BCUT2D eigenvalue weighted by Gasteiger charge is 2.35. The molecule has 1 saturated carbocycles. The summed E-state index contributed by atoms with van der Waals surface area (Å²) in [6.45, 7) is 5.91. The highest BCUT2D eigenvalue weighted by atomic mass is 32.1. The minimum Gasteiger partial charge on any atom is -0.481 e. The number of carbonyl (C=O) groups excluding carboxylic acids is 1. The molecule has 0 saturated heterocycles. The third-order valence-corrected chi connectivity index (χ3v) is 4.03. The van der Waals surface area contributed by atoms with Crippen LogP contribution >= 0.6 is 11.5 Å². The monoisotopic (exact) mass is 297 g/mol. The van der Waals surface area contributed by atoms with Crippen molar-refractivity contribution in [1.82, 2.24) is 14.9 Å². The highest BCUT2D eigenvalue weighted by Crippen LogP contribution is 2.34. The van der Waals surface area contributed by atoms with Crippen LogP contribution in [0.25, 0.3) is 0 Å². The first kappa shape index (κ1) is 14.9. The van der Waals surface area contributed by atoms with E-state index in [2.05, 4.69) is 14.9 Å². The first-order valence-corrected chi connectivity index (χ1v) is 7.42. The van der Waals surface area contributed by atoms with Gasteiger partial charge in [0.25, 0.3) is 5.91 Å². The Labute approximate surface area is 121 Å². The minimum atomic E-state index is -0.888. The summed E-state index contributed by atoms with van der Waals surface area (Å²) in [7, 11) is 0. The molecule has 1 heterocycles. The summed E-state index contributed by atoms with van der Waals surface area (Å²) in [5, 5.41) is 15.8. The molecule has 0 aromatic carbocycles. The van der Waals surface area contributed by atoms with Gasteiger partial charge in [0.2, 0.25) is 0 Å². The average Bonchev–Trinajstić information content (AvgIpc) is 3.02. The lowest BCUT2D eigenvalue weighted by molar-refractivity contribution is -0.137. The van der Waals surface area contributed by atoms with Crippen LogP contribution in [0.1, 0.15) is 55.4 Å². The van der Waals surface area contributed by atoms with Crippen LogP contribution in [0.3, 0.4) is 0 Å². The van der Waals surface area contributed by atoms with Crippen molar-refractivity contribution >= 4 is 23.4 Å². The Balaban J connectivity index is 2.11. The molecule has 1 unspecified atom stereocenters. The number of nitrogens with one attached hydrogen (secondary N) is 1. The van der Waals surface area contributed by atoms with Crippen molar-refractivity contribution in [3.63, 3.8) is 0 Å². The Kier molecular flexibility index (Phi) is 4.08. The van der Waals surface area contributed by atoms with E-state index in [1.54, 1.807) is 0 Å². The first-order chi connectivity index (χ1) is 9.29. The van der Waals surface area contributed by atoms with E-state index in [0.717, 1.165) is 24.4 Å². The fourth-order valence-electron chi connectivity index (χ4n) is 2.09. The van der Waals surface area contributed by atoms with E-state index in [4.69, 9.17) is 5.11 Å². The van der Waals surface area contributed by atoms with Crippen molar-refractivity contribution in [2.45, 2.75) is 51.5 Å². The summed E-state index contributed by atoms with van der Waals surface area (Å²) < 4.78 is 3.85. The van der Waals surface area contributed by atoms with Crippen LogP contribution in [0.4, 0.5) is 0 Å². The number of nitrogens with zero attached hydrogens (tertiary/aromatic N) is 2. The fraction of sp³-hybridized carbons (Fsp3) is 0.692. The molecule has 1 aliphatic carbocycles. The number of rotatable bonds is 5. The Morgan fingerprint density at radius 1 is 1.45 bits per heavy atom. The topological polar surface area (TPSA) is 92.2 Å². The van der Waals surface area contributed by atoms with E-state index in [-0.39, 0.29) is 29.7 Å². The Morgan fingerprint density at radius 2 is 2.10 bits per heavy atom. The van der Waals surface area contributed by atoms with E-state index in [0.29, 0.717) is 10.6 Å². The molecule has 20 heavy (non-hydrogen) atoms. The number of hydrogen-bond acceptors (Lipinski definition) is 5. The van der Waals surface area contributed by atoms with Gasteiger partial charge >= 0.3 is 5.97 Å². The van der Waals surface area contributed by atoms with Gasteiger partial charge in [0.1, 0.15) is 4.88 Å². The van der Waals surface area contributed by atoms with E-state index in [1.165, 1.54) is 0 Å². The molecule has 0 spiro atoms. The number of aromatic nitrogens is 2. The van der Waals surface area contributed by atoms with Crippen LogP contribution < -0.4 is 5.32 Å². The molecule has 0 bridgehead atoms. The van der Waals surface area contributed by atoms with E-state index in [1.807, 2.05) is 20.8 Å². The lowest BCUT2D eigenvalue weighted by atomic mass is 9.91. The second-order valence-electron chi connectivity index (χ2n) is 6.22. The van der Waals surface area contributed by atoms with Crippen LogP contribution in [0.5, 0.6) is 0 Å². The molecule has 1 aromatic rings. The standard InChI is InChI=1S/C13H19N3O3S/c1-13(2,3)11-10(20-16-15-11)12(19)14-8(6-9(17)18)7-4-5-7/h7-8H,4-6H2,1-3H3,(H,14,19)(H,17,18). The number of amides is 1. The van der Waals surface area contributed by atoms with E-state index < -0.39 is 5.97 Å². The molecular weight excluding hydrogens is 278 g/mol.